The molecule has 1 aliphatic rings. The standard InChI is InChI=1S/C17H20BrN5O4S2.C2H2/c1-5-12(15(24)14(6-2)29(26,27)23(3)4)19-16-17(22-28(25)21-16)20-13-10-8-7-9-11(13)18;1-2/h5-10,24H,2H2,1,3-4H3,(H,19,21)(H,20,22);1-2H/b12-5+,15-14-;. The summed E-state index contributed by atoms with van der Waals surface area (Å²) < 4.78 is 46.2. The zero-order valence-electron chi connectivity index (χ0n) is 17.0. The third-order valence-electron chi connectivity index (χ3n) is 3.66. The first-order valence-electron chi connectivity index (χ1n) is 8.48. The summed E-state index contributed by atoms with van der Waals surface area (Å²) in [7, 11) is -1.27. The molecule has 9 nitrogen and oxygen atoms in total. The van der Waals surface area contributed by atoms with Gasteiger partial charge in [0.15, 0.2) is 17.4 Å². The summed E-state index contributed by atoms with van der Waals surface area (Å²) in [5.41, 5.74) is 0.688. The molecule has 0 radical (unpaired) electrons. The zero-order chi connectivity index (χ0) is 23.8. The lowest BCUT2D eigenvalue weighted by Gasteiger charge is -2.17. The van der Waals surface area contributed by atoms with E-state index in [4.69, 9.17) is 0 Å². The summed E-state index contributed by atoms with van der Waals surface area (Å²) in [5.74, 6) is -0.320. The van der Waals surface area contributed by atoms with E-state index in [1.54, 1.807) is 19.1 Å². The molecule has 12 heteroatoms. The van der Waals surface area contributed by atoms with Crippen LogP contribution < -0.4 is 10.6 Å². The molecule has 0 spiro atoms. The molecule has 0 saturated heterocycles. The van der Waals surface area contributed by atoms with Crippen molar-refractivity contribution in [3.63, 3.8) is 0 Å². The minimum Gasteiger partial charge on any atom is -0.504 e. The van der Waals surface area contributed by atoms with Crippen LogP contribution in [0.1, 0.15) is 6.92 Å². The second-order valence-corrected chi connectivity index (χ2v) is 9.55. The zero-order valence-corrected chi connectivity index (χ0v) is 20.3. The number of anilines is 1. The molecule has 166 valence electrons. The molecule has 3 N–H and O–H groups in total. The number of aliphatic hydroxyl groups is 1. The van der Waals surface area contributed by atoms with Crippen molar-refractivity contribution in [1.29, 1.82) is 0 Å². The van der Waals surface area contributed by atoms with Gasteiger partial charge in [0.25, 0.3) is 11.2 Å². The highest BCUT2D eigenvalue weighted by molar-refractivity contribution is 9.10. The van der Waals surface area contributed by atoms with Crippen LogP contribution in [0.4, 0.5) is 5.69 Å². The number of hydrogen-bond acceptors (Lipinski definition) is 6. The van der Waals surface area contributed by atoms with Gasteiger partial charge >= 0.3 is 0 Å². The van der Waals surface area contributed by atoms with Crippen molar-refractivity contribution < 1.29 is 17.7 Å². The third-order valence-corrected chi connectivity index (χ3v) is 6.91. The van der Waals surface area contributed by atoms with Crippen molar-refractivity contribution in [2.75, 3.05) is 19.4 Å². The van der Waals surface area contributed by atoms with Crippen molar-refractivity contribution in [1.82, 2.24) is 9.62 Å². The van der Waals surface area contributed by atoms with Crippen LogP contribution >= 0.6 is 15.9 Å². The predicted octanol–water partition coefficient (Wildman–Crippen LogP) is 2.84. The summed E-state index contributed by atoms with van der Waals surface area (Å²) in [6, 6.07) is 7.23. The van der Waals surface area contributed by atoms with Crippen LogP contribution in [0, 0.1) is 12.8 Å². The Hall–Kier alpha value is -2.72. The van der Waals surface area contributed by atoms with Crippen molar-refractivity contribution in [3.05, 3.63) is 63.8 Å². The number of sulfonamides is 1. The number of rotatable bonds is 6. The van der Waals surface area contributed by atoms with Crippen LogP contribution in [0.25, 0.3) is 0 Å². The SMILES string of the molecule is C#C.C=C/C(=C(O)\C(=C/C)NC1=NS(=O)N=C1Nc1ccccc1Br)S(=O)(=O)N(C)C. The van der Waals surface area contributed by atoms with Gasteiger partial charge in [-0.05, 0) is 41.1 Å². The molecule has 1 atom stereocenters. The van der Waals surface area contributed by atoms with Crippen LogP contribution in [-0.2, 0) is 21.2 Å². The van der Waals surface area contributed by atoms with Gasteiger partial charge in [0, 0.05) is 18.6 Å². The van der Waals surface area contributed by atoms with E-state index in [1.807, 2.05) is 12.1 Å². The molecule has 0 saturated carbocycles. The van der Waals surface area contributed by atoms with Gasteiger partial charge < -0.3 is 15.7 Å². The number of hydrogen-bond donors (Lipinski definition) is 3. The summed E-state index contributed by atoms with van der Waals surface area (Å²) in [5, 5.41) is 16.3. The van der Waals surface area contributed by atoms with Crippen LogP contribution in [-0.4, -0.2) is 47.8 Å². The Bertz CT molecular complexity index is 1120. The van der Waals surface area contributed by atoms with Crippen LogP contribution in [0.15, 0.2) is 72.6 Å². The van der Waals surface area contributed by atoms with Crippen molar-refractivity contribution >= 4 is 54.5 Å². The Balaban J connectivity index is 0.00000233. The molecule has 31 heavy (non-hydrogen) atoms. The summed E-state index contributed by atoms with van der Waals surface area (Å²) >= 11 is 1.53. The first kappa shape index (κ1) is 26.3. The first-order valence-corrected chi connectivity index (χ1v) is 11.8. The largest absolute Gasteiger partial charge is 0.504 e. The van der Waals surface area contributed by atoms with Gasteiger partial charge in [0.05, 0.1) is 11.4 Å². The minimum atomic E-state index is -3.94. The van der Waals surface area contributed by atoms with Gasteiger partial charge in [-0.25, -0.2) is 16.9 Å². The highest BCUT2D eigenvalue weighted by atomic mass is 79.9. The van der Waals surface area contributed by atoms with E-state index in [2.05, 4.69) is 54.8 Å². The van der Waals surface area contributed by atoms with Gasteiger partial charge in [0.2, 0.25) is 10.0 Å². The topological polar surface area (TPSA) is 123 Å². The normalized spacial score (nSPS) is 17.0. The number of aliphatic hydroxyl groups excluding tert-OH is 1. The quantitative estimate of drug-likeness (QED) is 0.297. The molecule has 1 aromatic carbocycles. The smallest absolute Gasteiger partial charge is 0.269 e. The number of terminal acetylenes is 1. The lowest BCUT2D eigenvalue weighted by molar-refractivity contribution is 0.415. The van der Waals surface area contributed by atoms with E-state index >= 15 is 0 Å². The van der Waals surface area contributed by atoms with Crippen molar-refractivity contribution in [2.24, 2.45) is 8.80 Å². The highest BCUT2D eigenvalue weighted by Crippen LogP contribution is 2.23. The molecule has 0 bridgehead atoms. The van der Waals surface area contributed by atoms with E-state index in [0.717, 1.165) is 14.9 Å². The molecular formula is C19H22BrN5O4S2. The third kappa shape index (κ3) is 6.38. The highest BCUT2D eigenvalue weighted by Gasteiger charge is 2.26. The maximum atomic E-state index is 12.4. The van der Waals surface area contributed by atoms with Gasteiger partial charge in [-0.2, -0.15) is 0 Å². The van der Waals surface area contributed by atoms with Crippen LogP contribution in [0.3, 0.4) is 0 Å². The van der Waals surface area contributed by atoms with Gasteiger partial charge in [-0.3, -0.25) is 0 Å². The van der Waals surface area contributed by atoms with Gasteiger partial charge in [0.1, 0.15) is 4.91 Å². The fraction of sp³-hybridized carbons (Fsp3) is 0.158. The molecule has 0 amide bonds. The van der Waals surface area contributed by atoms with E-state index in [9.17, 15) is 17.7 Å². The average Bonchev–Trinajstić information content (AvgIpc) is 3.08. The Morgan fingerprint density at radius 2 is 1.84 bits per heavy atom. The molecular weight excluding hydrogens is 506 g/mol. The monoisotopic (exact) mass is 527 g/mol. The molecule has 1 heterocycles. The summed E-state index contributed by atoms with van der Waals surface area (Å²) in [6.07, 6.45) is 10.5. The summed E-state index contributed by atoms with van der Waals surface area (Å²) in [6.45, 7) is 5.06. The van der Waals surface area contributed by atoms with Crippen molar-refractivity contribution in [2.45, 2.75) is 6.92 Å². The predicted molar refractivity (Wildman–Crippen MR) is 130 cm³/mol. The number of benzene rings is 1. The van der Waals surface area contributed by atoms with E-state index in [0.29, 0.717) is 5.69 Å². The minimum absolute atomic E-state index is 0.0320. The lowest BCUT2D eigenvalue weighted by Crippen LogP contribution is -2.34. The van der Waals surface area contributed by atoms with E-state index in [1.165, 1.54) is 20.2 Å². The van der Waals surface area contributed by atoms with E-state index in [-0.39, 0.29) is 22.3 Å². The van der Waals surface area contributed by atoms with Crippen LogP contribution in [0.2, 0.25) is 0 Å². The Morgan fingerprint density at radius 3 is 2.35 bits per heavy atom. The number of halogens is 1. The maximum Gasteiger partial charge on any atom is 0.269 e. The average molecular weight is 528 g/mol. The molecule has 2 rings (SSSR count). The number of para-hydroxylation sites is 1. The molecule has 1 unspecified atom stereocenters. The Kier molecular flexibility index (Phi) is 9.86. The van der Waals surface area contributed by atoms with E-state index < -0.39 is 27.0 Å². The Labute approximate surface area is 193 Å². The van der Waals surface area contributed by atoms with Crippen LogP contribution in [0.5, 0.6) is 0 Å². The fourth-order valence-electron chi connectivity index (χ4n) is 2.17. The molecule has 0 fully saturated rings. The number of amidine groups is 2. The summed E-state index contributed by atoms with van der Waals surface area (Å²) in [4.78, 5) is -0.389. The molecule has 1 aromatic rings. The number of nitrogens with zero attached hydrogens (tertiary/aromatic N) is 3. The molecule has 1 aliphatic heterocycles. The van der Waals surface area contributed by atoms with Gasteiger partial charge in [-0.1, -0.05) is 24.8 Å². The lowest BCUT2D eigenvalue weighted by atomic mass is 10.3. The van der Waals surface area contributed by atoms with Gasteiger partial charge in [-0.15, -0.1) is 21.6 Å². The number of allylic oxidation sites excluding steroid dienone is 2. The Morgan fingerprint density at radius 1 is 1.26 bits per heavy atom. The molecule has 0 aliphatic carbocycles. The second-order valence-electron chi connectivity index (χ2n) is 5.75. The fourth-order valence-corrected chi connectivity index (χ4v) is 4.13. The second kappa shape index (κ2) is 11.6. The molecule has 0 aromatic heterocycles. The maximum absolute atomic E-state index is 12.4. The first-order chi connectivity index (χ1) is 14.6. The van der Waals surface area contributed by atoms with Crippen molar-refractivity contribution in [3.8, 4) is 12.8 Å². The number of nitrogens with one attached hydrogen (secondary N) is 2.